The Morgan fingerprint density at radius 2 is 1.83 bits per heavy atom. The zero-order chi connectivity index (χ0) is 22.3. The van der Waals surface area contributed by atoms with Gasteiger partial charge in [-0.1, -0.05) is 60.1 Å². The Hall–Kier alpha value is -2.74. The highest BCUT2D eigenvalue weighted by Gasteiger charge is 2.28. The largest absolute Gasteiger partial charge is 0.354 e. The molecule has 0 bridgehead atoms. The first-order valence-electron chi connectivity index (χ1n) is 9.73. The van der Waals surface area contributed by atoms with E-state index in [0.717, 1.165) is 10.0 Å². The van der Waals surface area contributed by atoms with E-state index in [1.54, 1.807) is 25.1 Å². The Balaban J connectivity index is 2.28. The molecule has 8 heteroatoms. The number of nitrogens with one attached hydrogen (secondary N) is 1. The third kappa shape index (κ3) is 6.66. The number of para-hydroxylation sites is 1. The monoisotopic (exact) mass is 475 g/mol. The molecule has 1 atom stereocenters. The van der Waals surface area contributed by atoms with Gasteiger partial charge in [-0.15, -0.1) is 0 Å². The van der Waals surface area contributed by atoms with E-state index in [2.05, 4.69) is 21.2 Å². The van der Waals surface area contributed by atoms with E-state index in [0.29, 0.717) is 12.1 Å². The fourth-order valence-corrected chi connectivity index (χ4v) is 3.42. The Bertz CT molecular complexity index is 917. The van der Waals surface area contributed by atoms with Crippen LogP contribution in [0.5, 0.6) is 0 Å². The number of nitro groups is 1. The molecule has 2 aromatic carbocycles. The third-order valence-electron chi connectivity index (χ3n) is 4.62. The highest BCUT2D eigenvalue weighted by molar-refractivity contribution is 9.10. The second-order valence-electron chi connectivity index (χ2n) is 7.53. The fraction of sp³-hybridized carbons (Fsp3) is 0.364. The van der Waals surface area contributed by atoms with Gasteiger partial charge in [0.2, 0.25) is 11.8 Å². The fourth-order valence-electron chi connectivity index (χ4n) is 2.97. The van der Waals surface area contributed by atoms with Gasteiger partial charge in [0.1, 0.15) is 6.04 Å². The molecule has 0 saturated carbocycles. The zero-order valence-electron chi connectivity index (χ0n) is 17.3. The Morgan fingerprint density at radius 1 is 1.13 bits per heavy atom. The molecular weight excluding hydrogens is 450 g/mol. The molecule has 7 nitrogen and oxygen atoms in total. The molecule has 0 aliphatic heterocycles. The van der Waals surface area contributed by atoms with E-state index in [1.807, 2.05) is 38.1 Å². The minimum atomic E-state index is -0.724. The van der Waals surface area contributed by atoms with Gasteiger partial charge in [-0.2, -0.15) is 0 Å². The van der Waals surface area contributed by atoms with Crippen molar-refractivity contribution < 1.29 is 14.5 Å². The summed E-state index contributed by atoms with van der Waals surface area (Å²) in [7, 11) is 0. The summed E-state index contributed by atoms with van der Waals surface area (Å²) in [6.07, 6.45) is -0.160. The summed E-state index contributed by atoms with van der Waals surface area (Å²) >= 11 is 3.42. The zero-order valence-corrected chi connectivity index (χ0v) is 18.9. The van der Waals surface area contributed by atoms with E-state index in [-0.39, 0.29) is 36.4 Å². The van der Waals surface area contributed by atoms with Crippen LogP contribution in [-0.4, -0.2) is 34.2 Å². The van der Waals surface area contributed by atoms with Crippen LogP contribution in [0.4, 0.5) is 5.69 Å². The van der Waals surface area contributed by atoms with Gasteiger partial charge in [-0.05, 0) is 30.5 Å². The lowest BCUT2D eigenvalue weighted by Crippen LogP contribution is -2.48. The van der Waals surface area contributed by atoms with Crippen molar-refractivity contribution in [3.05, 3.63) is 74.2 Å². The van der Waals surface area contributed by atoms with Crippen molar-refractivity contribution in [1.82, 2.24) is 10.2 Å². The summed E-state index contributed by atoms with van der Waals surface area (Å²) in [6.45, 7) is 6.38. The maximum Gasteiger partial charge on any atom is 0.273 e. The highest BCUT2D eigenvalue weighted by Crippen LogP contribution is 2.21. The molecule has 0 aromatic heterocycles. The number of halogens is 1. The molecule has 0 radical (unpaired) electrons. The molecule has 2 aromatic rings. The first kappa shape index (κ1) is 23.5. The minimum Gasteiger partial charge on any atom is -0.354 e. The average Bonchev–Trinajstić information content (AvgIpc) is 2.69. The number of hydrogen-bond acceptors (Lipinski definition) is 4. The van der Waals surface area contributed by atoms with Crippen molar-refractivity contribution in [2.45, 2.75) is 39.8 Å². The van der Waals surface area contributed by atoms with Crippen molar-refractivity contribution in [2.24, 2.45) is 5.92 Å². The summed E-state index contributed by atoms with van der Waals surface area (Å²) in [5, 5.41) is 14.2. The van der Waals surface area contributed by atoms with Crippen LogP contribution in [-0.2, 0) is 22.6 Å². The predicted molar refractivity (Wildman–Crippen MR) is 119 cm³/mol. The minimum absolute atomic E-state index is 0.106. The van der Waals surface area contributed by atoms with Crippen molar-refractivity contribution in [2.75, 3.05) is 6.54 Å². The predicted octanol–water partition coefficient (Wildman–Crippen LogP) is 4.09. The van der Waals surface area contributed by atoms with Crippen molar-refractivity contribution in [3.8, 4) is 0 Å². The van der Waals surface area contributed by atoms with Gasteiger partial charge in [0.05, 0.1) is 11.3 Å². The summed E-state index contributed by atoms with van der Waals surface area (Å²) in [6, 6.07) is 12.9. The second-order valence-corrected chi connectivity index (χ2v) is 8.44. The van der Waals surface area contributed by atoms with Crippen molar-refractivity contribution in [1.29, 1.82) is 0 Å². The quantitative estimate of drug-likeness (QED) is 0.436. The van der Waals surface area contributed by atoms with Gasteiger partial charge in [0.25, 0.3) is 5.69 Å². The van der Waals surface area contributed by atoms with E-state index < -0.39 is 11.0 Å². The van der Waals surface area contributed by atoms with E-state index in [9.17, 15) is 19.7 Å². The molecule has 2 amide bonds. The standard InChI is InChI=1S/C22H26BrN3O4/c1-15(2)13-24-22(28)16(3)25(14-17-7-6-9-19(23)11-17)21(27)12-18-8-4-5-10-20(18)26(29)30/h4-11,15-16H,12-14H2,1-3H3,(H,24,28)/t16-/m0/s1. The second kappa shape index (κ2) is 10.9. The summed E-state index contributed by atoms with van der Waals surface area (Å²) < 4.78 is 0.864. The van der Waals surface area contributed by atoms with Crippen LogP contribution in [0, 0.1) is 16.0 Å². The van der Waals surface area contributed by atoms with Crippen LogP contribution in [0.15, 0.2) is 53.0 Å². The topological polar surface area (TPSA) is 92.6 Å². The molecular formula is C22H26BrN3O4. The van der Waals surface area contributed by atoms with Gasteiger partial charge in [-0.25, -0.2) is 0 Å². The van der Waals surface area contributed by atoms with Gasteiger partial charge >= 0.3 is 0 Å². The smallest absolute Gasteiger partial charge is 0.273 e. The van der Waals surface area contributed by atoms with E-state index in [4.69, 9.17) is 0 Å². The third-order valence-corrected chi connectivity index (χ3v) is 5.12. The molecule has 0 unspecified atom stereocenters. The summed E-state index contributed by atoms with van der Waals surface area (Å²) in [4.78, 5) is 38.1. The first-order valence-corrected chi connectivity index (χ1v) is 10.5. The molecule has 160 valence electrons. The maximum atomic E-state index is 13.2. The van der Waals surface area contributed by atoms with Gasteiger partial charge in [0.15, 0.2) is 0 Å². The molecule has 2 rings (SSSR count). The average molecular weight is 476 g/mol. The molecule has 0 spiro atoms. The number of hydrogen-bond donors (Lipinski definition) is 1. The molecule has 0 aliphatic carbocycles. The van der Waals surface area contributed by atoms with Crippen LogP contribution >= 0.6 is 15.9 Å². The Morgan fingerprint density at radius 3 is 2.47 bits per heavy atom. The lowest BCUT2D eigenvalue weighted by atomic mass is 10.1. The SMILES string of the molecule is CC(C)CNC(=O)[C@H](C)N(Cc1cccc(Br)c1)C(=O)Cc1ccccc1[N+](=O)[O-]. The molecule has 0 saturated heterocycles. The van der Waals surface area contributed by atoms with Crippen LogP contribution in [0.1, 0.15) is 31.9 Å². The van der Waals surface area contributed by atoms with Crippen molar-refractivity contribution in [3.63, 3.8) is 0 Å². The molecule has 0 fully saturated rings. The first-order chi connectivity index (χ1) is 14.2. The van der Waals surface area contributed by atoms with Crippen molar-refractivity contribution >= 4 is 33.4 Å². The number of carbonyl (C=O) groups excluding carboxylic acids is 2. The van der Waals surface area contributed by atoms with Gasteiger partial charge in [-0.3, -0.25) is 19.7 Å². The number of benzene rings is 2. The highest BCUT2D eigenvalue weighted by atomic mass is 79.9. The normalized spacial score (nSPS) is 11.8. The van der Waals surface area contributed by atoms with Crippen LogP contribution in [0.25, 0.3) is 0 Å². The molecule has 0 heterocycles. The van der Waals surface area contributed by atoms with E-state index in [1.165, 1.54) is 11.0 Å². The molecule has 1 N–H and O–H groups in total. The number of amides is 2. The number of nitrogens with zero attached hydrogens (tertiary/aromatic N) is 2. The lowest BCUT2D eigenvalue weighted by Gasteiger charge is -2.29. The Kier molecular flexibility index (Phi) is 8.53. The van der Waals surface area contributed by atoms with E-state index >= 15 is 0 Å². The van der Waals surface area contributed by atoms with Crippen LogP contribution < -0.4 is 5.32 Å². The number of carbonyl (C=O) groups is 2. The van der Waals surface area contributed by atoms with Crippen LogP contribution in [0.2, 0.25) is 0 Å². The lowest BCUT2D eigenvalue weighted by molar-refractivity contribution is -0.385. The van der Waals surface area contributed by atoms with Gasteiger partial charge in [0, 0.05) is 29.2 Å². The molecule has 0 aliphatic rings. The summed E-state index contributed by atoms with van der Waals surface area (Å²) in [5.41, 5.74) is 1.07. The number of nitro benzene ring substituents is 1. The summed E-state index contributed by atoms with van der Waals surface area (Å²) in [5.74, 6) is -0.326. The number of rotatable bonds is 9. The Labute approximate surface area is 184 Å². The van der Waals surface area contributed by atoms with Crippen LogP contribution in [0.3, 0.4) is 0 Å². The maximum absolute atomic E-state index is 13.2. The molecule has 30 heavy (non-hydrogen) atoms. The van der Waals surface area contributed by atoms with Gasteiger partial charge < -0.3 is 10.2 Å².